The number of aromatic amines is 1. The van der Waals surface area contributed by atoms with Gasteiger partial charge in [0.05, 0.1) is 12.2 Å². The summed E-state index contributed by atoms with van der Waals surface area (Å²) in [6.45, 7) is 6.59. The van der Waals surface area contributed by atoms with Gasteiger partial charge in [-0.15, -0.1) is 0 Å². The molecule has 1 N–H and O–H groups in total. The van der Waals surface area contributed by atoms with Gasteiger partial charge in [0.15, 0.2) is 5.65 Å². The molecule has 1 saturated carbocycles. The zero-order chi connectivity index (χ0) is 16.4. The van der Waals surface area contributed by atoms with Crippen LogP contribution in [0.5, 0.6) is 0 Å². The summed E-state index contributed by atoms with van der Waals surface area (Å²) in [7, 11) is 0. The quantitative estimate of drug-likeness (QED) is 0.900. The number of nitrogens with zero attached hydrogens (tertiary/aromatic N) is 3. The van der Waals surface area contributed by atoms with Crippen LogP contribution in [0.1, 0.15) is 83.5 Å². The molecule has 2 aromatic heterocycles. The minimum Gasteiger partial charge on any atom is -0.310 e. The lowest BCUT2D eigenvalue weighted by atomic mass is 9.89. The number of rotatable bonds is 5. The third kappa shape index (κ3) is 3.06. The molecule has 0 aromatic carbocycles. The highest BCUT2D eigenvalue weighted by atomic mass is 16.1. The van der Waals surface area contributed by atoms with Crippen LogP contribution in [0.25, 0.3) is 11.0 Å². The Morgan fingerprint density at radius 3 is 2.65 bits per heavy atom. The second-order valence-electron chi connectivity index (χ2n) is 6.97. The Balaban J connectivity index is 2.06. The Bertz CT molecular complexity index is 711. The SMILES string of the molecule is CCC(C)[C@@H](CC)c1nc2c(cnn2C2CCCCC2)c(=O)[nH]1. The lowest BCUT2D eigenvalue weighted by Crippen LogP contribution is -2.20. The molecule has 1 fully saturated rings. The van der Waals surface area contributed by atoms with E-state index in [1.54, 1.807) is 6.20 Å². The lowest BCUT2D eigenvalue weighted by molar-refractivity contribution is 0.335. The van der Waals surface area contributed by atoms with E-state index in [0.29, 0.717) is 23.3 Å². The first kappa shape index (κ1) is 16.2. The molecule has 0 aliphatic heterocycles. The van der Waals surface area contributed by atoms with Crippen molar-refractivity contribution in [2.45, 2.75) is 77.7 Å². The Kier molecular flexibility index (Phi) is 4.83. The molecule has 0 saturated heterocycles. The second kappa shape index (κ2) is 6.85. The van der Waals surface area contributed by atoms with E-state index in [-0.39, 0.29) is 5.56 Å². The number of H-pyrrole nitrogens is 1. The van der Waals surface area contributed by atoms with Crippen molar-refractivity contribution in [2.75, 3.05) is 0 Å². The van der Waals surface area contributed by atoms with Crippen LogP contribution in [0.2, 0.25) is 0 Å². The molecule has 1 unspecified atom stereocenters. The van der Waals surface area contributed by atoms with Gasteiger partial charge in [-0.3, -0.25) is 4.79 Å². The predicted molar refractivity (Wildman–Crippen MR) is 92.8 cm³/mol. The number of hydrogen-bond acceptors (Lipinski definition) is 3. The van der Waals surface area contributed by atoms with E-state index in [1.165, 1.54) is 19.3 Å². The van der Waals surface area contributed by atoms with Gasteiger partial charge in [0.2, 0.25) is 0 Å². The highest BCUT2D eigenvalue weighted by molar-refractivity contribution is 5.73. The largest absolute Gasteiger partial charge is 0.310 e. The monoisotopic (exact) mass is 316 g/mol. The van der Waals surface area contributed by atoms with E-state index in [0.717, 1.165) is 37.2 Å². The molecule has 2 atom stereocenters. The van der Waals surface area contributed by atoms with Gasteiger partial charge in [0, 0.05) is 5.92 Å². The Hall–Kier alpha value is -1.65. The van der Waals surface area contributed by atoms with Crippen LogP contribution in [-0.4, -0.2) is 19.7 Å². The smallest absolute Gasteiger partial charge is 0.262 e. The summed E-state index contributed by atoms with van der Waals surface area (Å²) in [6.07, 6.45) is 9.83. The highest BCUT2D eigenvalue weighted by Crippen LogP contribution is 2.31. The molecule has 0 spiro atoms. The first-order chi connectivity index (χ1) is 11.2. The van der Waals surface area contributed by atoms with E-state index >= 15 is 0 Å². The molecule has 126 valence electrons. The maximum Gasteiger partial charge on any atom is 0.262 e. The van der Waals surface area contributed by atoms with E-state index in [2.05, 4.69) is 30.9 Å². The molecule has 0 bridgehead atoms. The van der Waals surface area contributed by atoms with Gasteiger partial charge in [-0.05, 0) is 25.2 Å². The lowest BCUT2D eigenvalue weighted by Gasteiger charge is -2.23. The van der Waals surface area contributed by atoms with Gasteiger partial charge in [-0.1, -0.05) is 46.5 Å². The molecular weight excluding hydrogens is 288 g/mol. The zero-order valence-corrected chi connectivity index (χ0v) is 14.5. The molecule has 5 heteroatoms. The number of aromatic nitrogens is 4. The van der Waals surface area contributed by atoms with Crippen molar-refractivity contribution in [1.29, 1.82) is 0 Å². The summed E-state index contributed by atoms with van der Waals surface area (Å²) in [5.74, 6) is 1.63. The van der Waals surface area contributed by atoms with E-state index in [1.807, 2.05) is 4.68 Å². The fraction of sp³-hybridized carbons (Fsp3) is 0.722. The Morgan fingerprint density at radius 2 is 2.00 bits per heavy atom. The van der Waals surface area contributed by atoms with Gasteiger partial charge in [0.25, 0.3) is 5.56 Å². The average Bonchev–Trinajstić information content (AvgIpc) is 3.00. The minimum absolute atomic E-state index is 0.0474. The minimum atomic E-state index is -0.0474. The second-order valence-corrected chi connectivity index (χ2v) is 6.97. The van der Waals surface area contributed by atoms with Gasteiger partial charge >= 0.3 is 0 Å². The first-order valence-corrected chi connectivity index (χ1v) is 9.13. The van der Waals surface area contributed by atoms with Crippen molar-refractivity contribution in [3.05, 3.63) is 22.4 Å². The molecule has 3 rings (SSSR count). The third-order valence-corrected chi connectivity index (χ3v) is 5.52. The fourth-order valence-electron chi connectivity index (χ4n) is 3.87. The maximum atomic E-state index is 12.5. The van der Waals surface area contributed by atoms with Crippen LogP contribution < -0.4 is 5.56 Å². The van der Waals surface area contributed by atoms with Crippen LogP contribution in [0.15, 0.2) is 11.0 Å². The number of hydrogen-bond donors (Lipinski definition) is 1. The van der Waals surface area contributed by atoms with Crippen molar-refractivity contribution in [2.24, 2.45) is 5.92 Å². The normalized spacial score (nSPS) is 19.1. The number of fused-ring (bicyclic) bond motifs is 1. The molecule has 23 heavy (non-hydrogen) atoms. The summed E-state index contributed by atoms with van der Waals surface area (Å²) in [5.41, 5.74) is 0.728. The first-order valence-electron chi connectivity index (χ1n) is 9.13. The molecule has 0 amide bonds. The van der Waals surface area contributed by atoms with Crippen molar-refractivity contribution < 1.29 is 0 Å². The highest BCUT2D eigenvalue weighted by Gasteiger charge is 2.23. The summed E-state index contributed by atoms with van der Waals surface area (Å²) in [5, 5.41) is 5.13. The summed E-state index contributed by atoms with van der Waals surface area (Å²) >= 11 is 0. The van der Waals surface area contributed by atoms with Gasteiger partial charge in [0.1, 0.15) is 11.2 Å². The Morgan fingerprint density at radius 1 is 1.26 bits per heavy atom. The molecule has 1 aliphatic carbocycles. The maximum absolute atomic E-state index is 12.5. The van der Waals surface area contributed by atoms with Gasteiger partial charge in [-0.2, -0.15) is 5.10 Å². The van der Waals surface area contributed by atoms with E-state index in [4.69, 9.17) is 4.98 Å². The topological polar surface area (TPSA) is 63.6 Å². The summed E-state index contributed by atoms with van der Waals surface area (Å²) < 4.78 is 2.01. The zero-order valence-electron chi connectivity index (χ0n) is 14.5. The molecule has 2 heterocycles. The fourth-order valence-corrected chi connectivity index (χ4v) is 3.87. The third-order valence-electron chi connectivity index (χ3n) is 5.52. The Labute approximate surface area is 137 Å². The van der Waals surface area contributed by atoms with Gasteiger partial charge in [-0.25, -0.2) is 9.67 Å². The van der Waals surface area contributed by atoms with Crippen molar-refractivity contribution in [1.82, 2.24) is 19.7 Å². The van der Waals surface area contributed by atoms with E-state index in [9.17, 15) is 4.79 Å². The van der Waals surface area contributed by atoms with Gasteiger partial charge < -0.3 is 4.98 Å². The number of nitrogens with one attached hydrogen (secondary N) is 1. The van der Waals surface area contributed by atoms with Crippen molar-refractivity contribution >= 4 is 11.0 Å². The molecule has 0 radical (unpaired) electrons. The van der Waals surface area contributed by atoms with Crippen LogP contribution in [-0.2, 0) is 0 Å². The molecule has 2 aromatic rings. The summed E-state index contributed by atoms with van der Waals surface area (Å²) in [6, 6.07) is 0.395. The van der Waals surface area contributed by atoms with Crippen LogP contribution in [0.3, 0.4) is 0 Å². The molecular formula is C18H28N4O. The average molecular weight is 316 g/mol. The van der Waals surface area contributed by atoms with Crippen molar-refractivity contribution in [3.63, 3.8) is 0 Å². The molecule has 5 nitrogen and oxygen atoms in total. The standard InChI is InChI=1S/C18H28N4O/c1-4-12(3)14(5-2)16-20-17-15(18(23)21-16)11-19-22(17)13-9-7-6-8-10-13/h11-14H,4-10H2,1-3H3,(H,20,21,23)/t12?,14-/m1/s1. The van der Waals surface area contributed by atoms with Crippen molar-refractivity contribution in [3.8, 4) is 0 Å². The van der Waals surface area contributed by atoms with Crippen LogP contribution >= 0.6 is 0 Å². The van der Waals surface area contributed by atoms with Crippen LogP contribution in [0.4, 0.5) is 0 Å². The van der Waals surface area contributed by atoms with Crippen LogP contribution in [0, 0.1) is 5.92 Å². The predicted octanol–water partition coefficient (Wildman–Crippen LogP) is 4.16. The molecule has 1 aliphatic rings. The summed E-state index contributed by atoms with van der Waals surface area (Å²) in [4.78, 5) is 20.3. The van der Waals surface area contributed by atoms with E-state index < -0.39 is 0 Å².